The first-order valence-corrected chi connectivity index (χ1v) is 4.23. The zero-order chi connectivity index (χ0) is 10.9. The Labute approximate surface area is 79.5 Å². The second-order valence-electron chi connectivity index (χ2n) is 3.43. The van der Waals surface area contributed by atoms with Crippen LogP contribution in [-0.4, -0.2) is 41.4 Å². The number of aliphatic carboxylic acids is 1. The van der Waals surface area contributed by atoms with Crippen LogP contribution in [0.15, 0.2) is 0 Å². The molecule has 0 aromatic heterocycles. The van der Waals surface area contributed by atoms with Crippen LogP contribution in [0.5, 0.6) is 0 Å². The van der Waals surface area contributed by atoms with E-state index in [1.54, 1.807) is 0 Å². The largest absolute Gasteiger partial charge is 0.481 e. The number of carboxylic acid groups (broad SMARTS) is 1. The second-order valence-corrected chi connectivity index (χ2v) is 3.43. The number of alkyl halides is 2. The van der Waals surface area contributed by atoms with Gasteiger partial charge < -0.3 is 10.0 Å². The summed E-state index contributed by atoms with van der Waals surface area (Å²) < 4.78 is 23.8. The predicted molar refractivity (Wildman–Crippen MR) is 42.9 cm³/mol. The quantitative estimate of drug-likeness (QED) is 0.730. The molecule has 0 aliphatic carbocycles. The van der Waals surface area contributed by atoms with E-state index < -0.39 is 24.2 Å². The van der Waals surface area contributed by atoms with E-state index in [0.29, 0.717) is 0 Å². The third-order valence-electron chi connectivity index (χ3n) is 2.50. The summed E-state index contributed by atoms with van der Waals surface area (Å²) in [7, 11) is 0. The molecular formula is C8H11F2NO3. The average molecular weight is 207 g/mol. The molecule has 1 atom stereocenters. The molecule has 1 aliphatic rings. The average Bonchev–Trinajstić information content (AvgIpc) is 2.00. The molecular weight excluding hydrogens is 196 g/mol. The van der Waals surface area contributed by atoms with Gasteiger partial charge in [-0.1, -0.05) is 6.92 Å². The lowest BCUT2D eigenvalue weighted by molar-refractivity contribution is -0.156. The summed E-state index contributed by atoms with van der Waals surface area (Å²) >= 11 is 0. The first kappa shape index (κ1) is 10.9. The predicted octanol–water partition coefficient (Wildman–Crippen LogP) is 0.431. The van der Waals surface area contributed by atoms with Crippen LogP contribution in [0.3, 0.4) is 0 Å². The molecule has 1 saturated heterocycles. The van der Waals surface area contributed by atoms with Crippen molar-refractivity contribution in [3.8, 4) is 0 Å². The van der Waals surface area contributed by atoms with Gasteiger partial charge in [0.15, 0.2) is 0 Å². The highest BCUT2D eigenvalue weighted by Crippen LogP contribution is 2.25. The molecule has 0 aromatic rings. The van der Waals surface area contributed by atoms with E-state index in [1.165, 1.54) is 6.92 Å². The number of amides is 1. The van der Waals surface area contributed by atoms with Crippen molar-refractivity contribution in [1.82, 2.24) is 4.90 Å². The summed E-state index contributed by atoms with van der Waals surface area (Å²) in [5.74, 6) is -2.95. The number of hydrogen-bond donors (Lipinski definition) is 1. The summed E-state index contributed by atoms with van der Waals surface area (Å²) in [6, 6.07) is 0. The lowest BCUT2D eigenvalue weighted by Crippen LogP contribution is -2.55. The fourth-order valence-electron chi connectivity index (χ4n) is 1.35. The molecule has 1 amide bonds. The normalized spacial score (nSPS) is 19.3. The minimum atomic E-state index is -2.99. The van der Waals surface area contributed by atoms with Crippen molar-refractivity contribution in [2.75, 3.05) is 13.1 Å². The van der Waals surface area contributed by atoms with Crippen LogP contribution in [0.1, 0.15) is 6.92 Å². The van der Waals surface area contributed by atoms with Gasteiger partial charge in [0, 0.05) is 19.0 Å². The standard InChI is InChI=1S/C8H11F2NO3/c1-4(8(13)14)5-2-11(3-5)7(12)6(9)10/h4-6H,2-3H2,1H3,(H,13,14). The van der Waals surface area contributed by atoms with Crippen LogP contribution in [0.25, 0.3) is 0 Å². The van der Waals surface area contributed by atoms with Crippen molar-refractivity contribution >= 4 is 11.9 Å². The lowest BCUT2D eigenvalue weighted by Gasteiger charge is -2.40. The van der Waals surface area contributed by atoms with Gasteiger partial charge in [-0.2, -0.15) is 8.78 Å². The van der Waals surface area contributed by atoms with Crippen LogP contribution in [0.4, 0.5) is 8.78 Å². The molecule has 0 aromatic carbocycles. The van der Waals surface area contributed by atoms with Crippen LogP contribution >= 0.6 is 0 Å². The van der Waals surface area contributed by atoms with Gasteiger partial charge in [0.25, 0.3) is 5.91 Å². The van der Waals surface area contributed by atoms with E-state index in [2.05, 4.69) is 0 Å². The van der Waals surface area contributed by atoms with E-state index in [-0.39, 0.29) is 19.0 Å². The van der Waals surface area contributed by atoms with Crippen molar-refractivity contribution < 1.29 is 23.5 Å². The third kappa shape index (κ3) is 2.00. The second kappa shape index (κ2) is 3.89. The lowest BCUT2D eigenvalue weighted by atomic mass is 9.87. The van der Waals surface area contributed by atoms with Gasteiger partial charge in [0.1, 0.15) is 0 Å². The molecule has 1 N–H and O–H groups in total. The molecule has 0 saturated carbocycles. The van der Waals surface area contributed by atoms with Gasteiger partial charge in [0.2, 0.25) is 0 Å². The Bertz CT molecular complexity index is 251. The van der Waals surface area contributed by atoms with Gasteiger partial charge in [-0.05, 0) is 0 Å². The minimum absolute atomic E-state index is 0.122. The molecule has 1 heterocycles. The summed E-state index contributed by atoms with van der Waals surface area (Å²) in [6.45, 7) is 1.75. The van der Waals surface area contributed by atoms with E-state index in [1.807, 2.05) is 0 Å². The third-order valence-corrected chi connectivity index (χ3v) is 2.50. The first-order chi connectivity index (χ1) is 6.43. The topological polar surface area (TPSA) is 57.6 Å². The molecule has 6 heteroatoms. The van der Waals surface area contributed by atoms with Crippen LogP contribution in [0.2, 0.25) is 0 Å². The molecule has 80 valence electrons. The van der Waals surface area contributed by atoms with Crippen molar-refractivity contribution in [1.29, 1.82) is 0 Å². The van der Waals surface area contributed by atoms with Crippen molar-refractivity contribution in [2.24, 2.45) is 11.8 Å². The van der Waals surface area contributed by atoms with Crippen LogP contribution in [-0.2, 0) is 9.59 Å². The number of likely N-dealkylation sites (tertiary alicyclic amines) is 1. The molecule has 1 fully saturated rings. The maximum atomic E-state index is 11.9. The number of carboxylic acids is 1. The molecule has 4 nitrogen and oxygen atoms in total. The van der Waals surface area contributed by atoms with Crippen molar-refractivity contribution in [2.45, 2.75) is 13.3 Å². The Balaban J connectivity index is 2.37. The Hall–Kier alpha value is -1.20. The molecule has 1 rings (SSSR count). The zero-order valence-electron chi connectivity index (χ0n) is 7.61. The van der Waals surface area contributed by atoms with Crippen molar-refractivity contribution in [3.05, 3.63) is 0 Å². The number of nitrogens with zero attached hydrogens (tertiary/aromatic N) is 1. The summed E-state index contributed by atoms with van der Waals surface area (Å²) in [6.07, 6.45) is -2.99. The smallest absolute Gasteiger partial charge is 0.315 e. The van der Waals surface area contributed by atoms with Gasteiger partial charge >= 0.3 is 12.4 Å². The first-order valence-electron chi connectivity index (χ1n) is 4.23. The Morgan fingerprint density at radius 1 is 1.43 bits per heavy atom. The molecule has 1 unspecified atom stereocenters. The number of hydrogen-bond acceptors (Lipinski definition) is 2. The van der Waals surface area contributed by atoms with E-state index in [0.717, 1.165) is 4.90 Å². The number of carbonyl (C=O) groups excluding carboxylic acids is 1. The Morgan fingerprint density at radius 3 is 2.29 bits per heavy atom. The number of carbonyl (C=O) groups is 2. The molecule has 0 radical (unpaired) electrons. The van der Waals surface area contributed by atoms with Crippen LogP contribution < -0.4 is 0 Å². The van der Waals surface area contributed by atoms with Gasteiger partial charge in [-0.25, -0.2) is 0 Å². The van der Waals surface area contributed by atoms with Crippen molar-refractivity contribution in [3.63, 3.8) is 0 Å². The van der Waals surface area contributed by atoms with E-state index in [4.69, 9.17) is 5.11 Å². The van der Waals surface area contributed by atoms with Gasteiger partial charge in [-0.15, -0.1) is 0 Å². The summed E-state index contributed by atoms with van der Waals surface area (Å²) in [5, 5.41) is 8.60. The monoisotopic (exact) mass is 207 g/mol. The fourth-order valence-corrected chi connectivity index (χ4v) is 1.35. The Morgan fingerprint density at radius 2 is 1.93 bits per heavy atom. The Kier molecular flexibility index (Phi) is 3.03. The molecule has 0 spiro atoms. The van der Waals surface area contributed by atoms with E-state index >= 15 is 0 Å². The number of halogens is 2. The molecule has 14 heavy (non-hydrogen) atoms. The highest BCUT2D eigenvalue weighted by molar-refractivity contribution is 5.80. The summed E-state index contributed by atoms with van der Waals surface area (Å²) in [5.41, 5.74) is 0. The minimum Gasteiger partial charge on any atom is -0.481 e. The maximum absolute atomic E-state index is 11.9. The highest BCUT2D eigenvalue weighted by atomic mass is 19.3. The molecule has 0 bridgehead atoms. The van der Waals surface area contributed by atoms with Gasteiger partial charge in [0.05, 0.1) is 5.92 Å². The summed E-state index contributed by atoms with van der Waals surface area (Å²) in [4.78, 5) is 22.2. The van der Waals surface area contributed by atoms with Crippen LogP contribution in [0, 0.1) is 11.8 Å². The SMILES string of the molecule is CC(C(=O)O)C1CN(C(=O)C(F)F)C1. The van der Waals surface area contributed by atoms with Gasteiger partial charge in [-0.3, -0.25) is 9.59 Å². The highest BCUT2D eigenvalue weighted by Gasteiger charge is 2.39. The maximum Gasteiger partial charge on any atom is 0.315 e. The number of rotatable bonds is 3. The molecule has 1 aliphatic heterocycles. The fraction of sp³-hybridized carbons (Fsp3) is 0.750. The zero-order valence-corrected chi connectivity index (χ0v) is 7.61. The van der Waals surface area contributed by atoms with E-state index in [9.17, 15) is 18.4 Å².